The number of hydrazine groups is 1. The topological polar surface area (TPSA) is 115 Å². The molecule has 2 heterocycles. The van der Waals surface area contributed by atoms with E-state index in [4.69, 9.17) is 5.84 Å². The second kappa shape index (κ2) is 5.41. The highest BCUT2D eigenvalue weighted by molar-refractivity contribution is 7.99. The van der Waals surface area contributed by atoms with Gasteiger partial charge in [0.15, 0.2) is 5.16 Å². The van der Waals surface area contributed by atoms with Crippen LogP contribution in [0.2, 0.25) is 0 Å². The van der Waals surface area contributed by atoms with Gasteiger partial charge in [-0.3, -0.25) is 4.57 Å². The van der Waals surface area contributed by atoms with Crippen molar-refractivity contribution in [3.05, 3.63) is 21.9 Å². The highest BCUT2D eigenvalue weighted by Gasteiger charge is 2.14. The Labute approximate surface area is 113 Å². The largest absolute Gasteiger partial charge is 0.343 e. The number of nitrogen functional groups attached to an aromatic ring is 1. The van der Waals surface area contributed by atoms with Gasteiger partial charge in [-0.2, -0.15) is 0 Å². The van der Waals surface area contributed by atoms with Crippen molar-refractivity contribution in [2.24, 2.45) is 5.84 Å². The third-order valence-electron chi connectivity index (χ3n) is 2.58. The maximum Gasteiger partial charge on any atom is 0.343 e. The van der Waals surface area contributed by atoms with Crippen LogP contribution < -0.4 is 17.0 Å². The second-order valence-corrected chi connectivity index (χ2v) is 4.81. The van der Waals surface area contributed by atoms with Crippen molar-refractivity contribution in [3.8, 4) is 0 Å². The van der Waals surface area contributed by atoms with Gasteiger partial charge in [0.05, 0.1) is 0 Å². The first-order valence-electron chi connectivity index (χ1n) is 5.71. The molecule has 0 aliphatic heterocycles. The number of aromatic amines is 1. The van der Waals surface area contributed by atoms with Crippen molar-refractivity contribution in [2.75, 3.05) is 5.43 Å². The van der Waals surface area contributed by atoms with E-state index in [1.165, 1.54) is 16.3 Å². The van der Waals surface area contributed by atoms with Gasteiger partial charge < -0.3 is 5.43 Å². The molecule has 0 saturated heterocycles. The number of rotatable bonds is 4. The molecule has 19 heavy (non-hydrogen) atoms. The van der Waals surface area contributed by atoms with E-state index in [1.807, 2.05) is 13.8 Å². The van der Waals surface area contributed by atoms with Crippen LogP contribution in [-0.4, -0.2) is 24.7 Å². The van der Waals surface area contributed by atoms with E-state index in [1.54, 1.807) is 6.92 Å². The lowest BCUT2D eigenvalue weighted by Gasteiger charge is -2.09. The summed E-state index contributed by atoms with van der Waals surface area (Å²) in [6, 6.07) is 0. The van der Waals surface area contributed by atoms with Gasteiger partial charge in [0.25, 0.3) is 0 Å². The number of aryl methyl sites for hydroxylation is 1. The predicted molar refractivity (Wildman–Crippen MR) is 72.0 cm³/mol. The minimum Gasteiger partial charge on any atom is -0.308 e. The molecule has 2 rings (SSSR count). The van der Waals surface area contributed by atoms with Crippen LogP contribution in [0.3, 0.4) is 0 Å². The second-order valence-electron chi connectivity index (χ2n) is 3.85. The van der Waals surface area contributed by atoms with Crippen molar-refractivity contribution in [3.63, 3.8) is 0 Å². The monoisotopic (exact) mass is 281 g/mol. The number of nitrogens with zero attached hydrogens (tertiary/aromatic N) is 4. The summed E-state index contributed by atoms with van der Waals surface area (Å²) in [5, 5.41) is 7.69. The highest BCUT2D eigenvalue weighted by Crippen LogP contribution is 2.29. The quantitative estimate of drug-likeness (QED) is 0.423. The molecule has 102 valence electrons. The molecule has 0 fully saturated rings. The molecule has 9 heteroatoms. The standard InChI is InChI=1S/C10H15N7OS/c1-4-17-9(18)15-16-10(17)19-8-5(2)7(14-11)12-6(3)13-8/h4,11H2,1-3H3,(H,15,18)(H,12,13,14). The summed E-state index contributed by atoms with van der Waals surface area (Å²) in [5.41, 5.74) is 3.12. The van der Waals surface area contributed by atoms with Crippen LogP contribution in [0.1, 0.15) is 18.3 Å². The van der Waals surface area contributed by atoms with Crippen LogP contribution in [0.25, 0.3) is 0 Å². The first-order valence-corrected chi connectivity index (χ1v) is 6.53. The maximum absolute atomic E-state index is 11.5. The van der Waals surface area contributed by atoms with E-state index in [0.29, 0.717) is 28.4 Å². The fourth-order valence-electron chi connectivity index (χ4n) is 1.59. The normalized spacial score (nSPS) is 10.7. The summed E-state index contributed by atoms with van der Waals surface area (Å²) in [4.78, 5) is 20.0. The van der Waals surface area contributed by atoms with Gasteiger partial charge >= 0.3 is 5.69 Å². The van der Waals surface area contributed by atoms with E-state index >= 15 is 0 Å². The maximum atomic E-state index is 11.5. The fraction of sp³-hybridized carbons (Fsp3) is 0.400. The van der Waals surface area contributed by atoms with Gasteiger partial charge in [0.2, 0.25) is 0 Å². The summed E-state index contributed by atoms with van der Waals surface area (Å²) in [7, 11) is 0. The Morgan fingerprint density at radius 3 is 2.79 bits per heavy atom. The van der Waals surface area contributed by atoms with Gasteiger partial charge in [-0.25, -0.2) is 25.7 Å². The molecule has 0 saturated carbocycles. The van der Waals surface area contributed by atoms with Crippen molar-refractivity contribution in [1.82, 2.24) is 24.7 Å². The fourth-order valence-corrected chi connectivity index (χ4v) is 2.60. The molecule has 8 nitrogen and oxygen atoms in total. The summed E-state index contributed by atoms with van der Waals surface area (Å²) >= 11 is 1.30. The third kappa shape index (κ3) is 2.61. The Morgan fingerprint density at radius 2 is 2.16 bits per heavy atom. The molecule has 0 aliphatic rings. The SMILES string of the molecule is CCn1c(Sc2nc(C)nc(NN)c2C)n[nH]c1=O. The van der Waals surface area contributed by atoms with E-state index in [9.17, 15) is 4.79 Å². The Bertz CT molecular complexity index is 648. The molecular weight excluding hydrogens is 266 g/mol. The lowest BCUT2D eigenvalue weighted by molar-refractivity contribution is 0.659. The third-order valence-corrected chi connectivity index (χ3v) is 3.66. The molecule has 0 spiro atoms. The van der Waals surface area contributed by atoms with Gasteiger partial charge in [0.1, 0.15) is 16.7 Å². The molecular formula is C10H15N7OS. The Hall–Kier alpha value is -1.87. The summed E-state index contributed by atoms with van der Waals surface area (Å²) in [6.45, 7) is 6.06. The Kier molecular flexibility index (Phi) is 3.86. The minimum absolute atomic E-state index is 0.231. The first-order chi connectivity index (χ1) is 9.06. The molecule has 0 unspecified atom stereocenters. The van der Waals surface area contributed by atoms with Crippen LogP contribution >= 0.6 is 11.8 Å². The number of nitrogens with two attached hydrogens (primary N) is 1. The molecule has 0 bridgehead atoms. The van der Waals surface area contributed by atoms with Crippen molar-refractivity contribution in [2.45, 2.75) is 37.5 Å². The lowest BCUT2D eigenvalue weighted by atomic mass is 10.3. The number of hydrogen-bond acceptors (Lipinski definition) is 7. The van der Waals surface area contributed by atoms with Gasteiger partial charge in [0, 0.05) is 12.1 Å². The number of hydrogen-bond donors (Lipinski definition) is 3. The van der Waals surface area contributed by atoms with Crippen molar-refractivity contribution >= 4 is 17.6 Å². The van der Waals surface area contributed by atoms with Crippen LogP contribution in [-0.2, 0) is 6.54 Å². The zero-order valence-corrected chi connectivity index (χ0v) is 11.7. The number of anilines is 1. The average Bonchev–Trinajstić information content (AvgIpc) is 2.73. The van der Waals surface area contributed by atoms with Crippen LogP contribution in [0, 0.1) is 13.8 Å². The molecule has 0 radical (unpaired) electrons. The zero-order chi connectivity index (χ0) is 14.0. The lowest BCUT2D eigenvalue weighted by Crippen LogP contribution is -2.16. The van der Waals surface area contributed by atoms with E-state index < -0.39 is 0 Å². The summed E-state index contributed by atoms with van der Waals surface area (Å²) in [5.74, 6) is 6.58. The average molecular weight is 281 g/mol. The number of nitrogens with one attached hydrogen (secondary N) is 2. The molecule has 4 N–H and O–H groups in total. The molecule has 0 aromatic carbocycles. The van der Waals surface area contributed by atoms with E-state index in [0.717, 1.165) is 5.56 Å². The van der Waals surface area contributed by atoms with Gasteiger partial charge in [-0.05, 0) is 32.5 Å². The Morgan fingerprint density at radius 1 is 1.42 bits per heavy atom. The molecule has 2 aromatic rings. The van der Waals surface area contributed by atoms with Crippen molar-refractivity contribution < 1.29 is 0 Å². The van der Waals surface area contributed by atoms with Gasteiger partial charge in [-0.15, -0.1) is 5.10 Å². The van der Waals surface area contributed by atoms with Crippen LogP contribution in [0.4, 0.5) is 5.82 Å². The molecule has 0 amide bonds. The van der Waals surface area contributed by atoms with Crippen molar-refractivity contribution in [1.29, 1.82) is 0 Å². The summed E-state index contributed by atoms with van der Waals surface area (Å²) in [6.07, 6.45) is 0. The van der Waals surface area contributed by atoms with E-state index in [2.05, 4.69) is 25.6 Å². The van der Waals surface area contributed by atoms with E-state index in [-0.39, 0.29) is 5.69 Å². The molecule has 2 aromatic heterocycles. The Balaban J connectivity index is 2.43. The minimum atomic E-state index is -0.231. The number of aromatic nitrogens is 5. The summed E-state index contributed by atoms with van der Waals surface area (Å²) < 4.78 is 1.54. The smallest absolute Gasteiger partial charge is 0.308 e. The number of H-pyrrole nitrogens is 1. The molecule has 0 aliphatic carbocycles. The highest BCUT2D eigenvalue weighted by atomic mass is 32.2. The van der Waals surface area contributed by atoms with Crippen LogP contribution in [0.15, 0.2) is 15.0 Å². The van der Waals surface area contributed by atoms with Gasteiger partial charge in [-0.1, -0.05) is 0 Å². The molecule has 0 atom stereocenters. The predicted octanol–water partition coefficient (Wildman–Crippen LogP) is 0.435. The first kappa shape index (κ1) is 13.6. The zero-order valence-electron chi connectivity index (χ0n) is 10.9. The van der Waals surface area contributed by atoms with Crippen LogP contribution in [0.5, 0.6) is 0 Å².